The van der Waals surface area contributed by atoms with E-state index in [4.69, 9.17) is 9.73 Å². The van der Waals surface area contributed by atoms with Crippen LogP contribution in [-0.2, 0) is 4.74 Å². The van der Waals surface area contributed by atoms with E-state index in [0.717, 1.165) is 71.0 Å². The Bertz CT molecular complexity index is 437. The van der Waals surface area contributed by atoms with Crippen molar-refractivity contribution in [1.82, 2.24) is 15.5 Å². The van der Waals surface area contributed by atoms with Gasteiger partial charge in [0.15, 0.2) is 5.96 Å². The fourth-order valence-electron chi connectivity index (χ4n) is 4.78. The largest absolute Gasteiger partial charge is 0.393 e. The Morgan fingerprint density at radius 3 is 2.46 bits per heavy atom. The molecule has 1 heterocycles. The van der Waals surface area contributed by atoms with Gasteiger partial charge in [0.1, 0.15) is 0 Å². The molecular weight excluding hydrogens is 328 g/mol. The van der Waals surface area contributed by atoms with E-state index < -0.39 is 0 Å². The van der Waals surface area contributed by atoms with Crippen molar-refractivity contribution in [3.05, 3.63) is 0 Å². The second-order valence-corrected chi connectivity index (χ2v) is 8.23. The zero-order valence-corrected chi connectivity index (χ0v) is 16.5. The molecule has 2 saturated carbocycles. The lowest BCUT2D eigenvalue weighted by atomic mass is 9.80. The summed E-state index contributed by atoms with van der Waals surface area (Å²) in [4.78, 5) is 7.70. The van der Waals surface area contributed by atoms with Crippen LogP contribution in [0.5, 0.6) is 0 Å². The van der Waals surface area contributed by atoms with Crippen LogP contribution in [0.3, 0.4) is 0 Å². The Balaban J connectivity index is 1.64. The number of morpholine rings is 1. The van der Waals surface area contributed by atoms with Crippen LogP contribution >= 0.6 is 0 Å². The topological polar surface area (TPSA) is 69.1 Å². The van der Waals surface area contributed by atoms with Gasteiger partial charge in [0.05, 0.1) is 25.9 Å². The number of aliphatic hydroxyl groups is 1. The lowest BCUT2D eigenvalue weighted by Crippen LogP contribution is -2.57. The van der Waals surface area contributed by atoms with Crippen molar-refractivity contribution >= 4 is 5.96 Å². The molecule has 2 aliphatic carbocycles. The molecule has 0 amide bonds. The molecule has 0 aromatic rings. The van der Waals surface area contributed by atoms with Crippen LogP contribution in [0.2, 0.25) is 0 Å². The van der Waals surface area contributed by atoms with E-state index in [-0.39, 0.29) is 11.6 Å². The highest BCUT2D eigenvalue weighted by molar-refractivity contribution is 5.80. The van der Waals surface area contributed by atoms with Gasteiger partial charge < -0.3 is 20.5 Å². The molecule has 0 atom stereocenters. The minimum Gasteiger partial charge on any atom is -0.393 e. The molecule has 0 aromatic carbocycles. The van der Waals surface area contributed by atoms with Crippen molar-refractivity contribution in [2.24, 2.45) is 4.99 Å². The van der Waals surface area contributed by atoms with E-state index in [9.17, 15) is 5.11 Å². The molecule has 0 spiro atoms. The highest BCUT2D eigenvalue weighted by Gasteiger charge is 2.38. The van der Waals surface area contributed by atoms with Gasteiger partial charge in [-0.15, -0.1) is 0 Å². The van der Waals surface area contributed by atoms with Gasteiger partial charge in [0.2, 0.25) is 0 Å². The Hall–Kier alpha value is -0.850. The third-order valence-electron chi connectivity index (χ3n) is 6.38. The number of hydrogen-bond donors (Lipinski definition) is 3. The summed E-state index contributed by atoms with van der Waals surface area (Å²) in [6.45, 7) is 7.67. The quantitative estimate of drug-likeness (QED) is 0.512. The van der Waals surface area contributed by atoms with Gasteiger partial charge in [-0.1, -0.05) is 19.3 Å². The average molecular weight is 367 g/mol. The monoisotopic (exact) mass is 366 g/mol. The highest BCUT2D eigenvalue weighted by Crippen LogP contribution is 2.34. The lowest BCUT2D eigenvalue weighted by Gasteiger charge is -2.47. The fourth-order valence-corrected chi connectivity index (χ4v) is 4.78. The molecule has 3 fully saturated rings. The Morgan fingerprint density at radius 1 is 1.12 bits per heavy atom. The predicted molar refractivity (Wildman–Crippen MR) is 106 cm³/mol. The summed E-state index contributed by atoms with van der Waals surface area (Å²) in [6, 6.07) is 0.432. The fraction of sp³-hybridized carbons (Fsp3) is 0.950. The zero-order valence-electron chi connectivity index (χ0n) is 16.5. The molecule has 3 aliphatic rings. The van der Waals surface area contributed by atoms with E-state index in [1.807, 2.05) is 0 Å². The molecule has 26 heavy (non-hydrogen) atoms. The number of nitrogens with one attached hydrogen (secondary N) is 2. The van der Waals surface area contributed by atoms with Gasteiger partial charge >= 0.3 is 0 Å². The number of nitrogens with zero attached hydrogens (tertiary/aromatic N) is 2. The van der Waals surface area contributed by atoms with Crippen molar-refractivity contribution in [3.8, 4) is 0 Å². The molecule has 3 N–H and O–H groups in total. The summed E-state index contributed by atoms with van der Waals surface area (Å²) in [7, 11) is 0. The normalized spacial score (nSPS) is 30.8. The lowest BCUT2D eigenvalue weighted by molar-refractivity contribution is -0.0333. The van der Waals surface area contributed by atoms with Crippen LogP contribution in [0.15, 0.2) is 4.99 Å². The predicted octanol–water partition coefficient (Wildman–Crippen LogP) is 1.88. The maximum atomic E-state index is 9.73. The first-order chi connectivity index (χ1) is 12.7. The molecule has 0 aromatic heterocycles. The number of aliphatic imine (C=N–C) groups is 1. The van der Waals surface area contributed by atoms with E-state index in [1.165, 1.54) is 32.1 Å². The standard InChI is InChI=1S/C20H38N4O2/c1-2-21-19(23-17-6-8-18(25)9-7-17)22-16-20(10-4-3-5-11-20)24-12-14-26-15-13-24/h17-18,25H,2-16H2,1H3,(H2,21,22,23). The van der Waals surface area contributed by atoms with E-state index >= 15 is 0 Å². The average Bonchev–Trinajstić information content (AvgIpc) is 2.69. The minimum atomic E-state index is -0.112. The molecule has 150 valence electrons. The number of aliphatic hydroxyl groups excluding tert-OH is 1. The summed E-state index contributed by atoms with van der Waals surface area (Å²) in [6.07, 6.45) is 10.2. The van der Waals surface area contributed by atoms with Crippen LogP contribution in [0, 0.1) is 0 Å². The molecule has 3 rings (SSSR count). The summed E-state index contributed by atoms with van der Waals surface area (Å²) < 4.78 is 5.59. The molecule has 0 unspecified atom stereocenters. The van der Waals surface area contributed by atoms with Gasteiger partial charge in [-0.2, -0.15) is 0 Å². The second-order valence-electron chi connectivity index (χ2n) is 8.23. The highest BCUT2D eigenvalue weighted by atomic mass is 16.5. The molecule has 1 aliphatic heterocycles. The van der Waals surface area contributed by atoms with Crippen LogP contribution in [-0.4, -0.2) is 73.0 Å². The van der Waals surface area contributed by atoms with Crippen LogP contribution in [0.1, 0.15) is 64.7 Å². The summed E-state index contributed by atoms with van der Waals surface area (Å²) in [5.74, 6) is 0.951. The van der Waals surface area contributed by atoms with Crippen molar-refractivity contribution in [2.75, 3.05) is 39.4 Å². The van der Waals surface area contributed by atoms with Crippen LogP contribution in [0.4, 0.5) is 0 Å². The smallest absolute Gasteiger partial charge is 0.191 e. The summed E-state index contributed by atoms with van der Waals surface area (Å²) in [5.41, 5.74) is 0.215. The first kappa shape index (κ1) is 19.9. The second kappa shape index (κ2) is 9.90. The number of hydrogen-bond acceptors (Lipinski definition) is 4. The van der Waals surface area contributed by atoms with Crippen molar-refractivity contribution in [3.63, 3.8) is 0 Å². The van der Waals surface area contributed by atoms with Gasteiger partial charge in [-0.3, -0.25) is 9.89 Å². The molecule has 6 heteroatoms. The van der Waals surface area contributed by atoms with E-state index in [2.05, 4.69) is 22.5 Å². The van der Waals surface area contributed by atoms with Crippen molar-refractivity contribution in [2.45, 2.75) is 82.4 Å². The molecule has 0 bridgehead atoms. The van der Waals surface area contributed by atoms with Gasteiger partial charge in [-0.05, 0) is 45.4 Å². The number of ether oxygens (including phenoxy) is 1. The molecule has 0 radical (unpaired) electrons. The minimum absolute atomic E-state index is 0.112. The van der Waals surface area contributed by atoms with E-state index in [0.29, 0.717) is 6.04 Å². The van der Waals surface area contributed by atoms with Crippen molar-refractivity contribution in [1.29, 1.82) is 0 Å². The maximum Gasteiger partial charge on any atom is 0.191 e. The molecule has 1 saturated heterocycles. The zero-order chi connectivity index (χ0) is 18.2. The Kier molecular flexibility index (Phi) is 7.58. The van der Waals surface area contributed by atoms with Gasteiger partial charge in [0.25, 0.3) is 0 Å². The summed E-state index contributed by atoms with van der Waals surface area (Å²) >= 11 is 0. The van der Waals surface area contributed by atoms with Crippen molar-refractivity contribution < 1.29 is 9.84 Å². The van der Waals surface area contributed by atoms with Gasteiger partial charge in [-0.25, -0.2) is 0 Å². The maximum absolute atomic E-state index is 9.73. The SMILES string of the molecule is CCNC(=NCC1(N2CCOCC2)CCCCC1)NC1CCC(O)CC1. The van der Waals surface area contributed by atoms with Gasteiger partial charge in [0, 0.05) is 31.2 Å². The third-order valence-corrected chi connectivity index (χ3v) is 6.38. The third kappa shape index (κ3) is 5.33. The first-order valence-corrected chi connectivity index (χ1v) is 10.8. The Morgan fingerprint density at radius 2 is 1.81 bits per heavy atom. The Labute approximate surface area is 158 Å². The van der Waals surface area contributed by atoms with Crippen LogP contribution in [0.25, 0.3) is 0 Å². The first-order valence-electron chi connectivity index (χ1n) is 10.8. The number of guanidine groups is 1. The molecule has 6 nitrogen and oxygen atoms in total. The van der Waals surface area contributed by atoms with E-state index in [1.54, 1.807) is 0 Å². The van der Waals surface area contributed by atoms with Crippen LogP contribution < -0.4 is 10.6 Å². The number of rotatable bonds is 5. The summed E-state index contributed by atoms with van der Waals surface area (Å²) in [5, 5.41) is 16.8. The molecular formula is C20H38N4O2.